The van der Waals surface area contributed by atoms with Crippen LogP contribution < -0.4 is 0 Å². The largest absolute Gasteiger partial charge is 0.264 e. The molecule has 0 unspecified atom stereocenters. The fourth-order valence-corrected chi connectivity index (χ4v) is 2.15. The highest BCUT2D eigenvalue weighted by Gasteiger charge is 2.23. The highest BCUT2D eigenvalue weighted by molar-refractivity contribution is 5.22. The zero-order chi connectivity index (χ0) is 14.8. The summed E-state index contributed by atoms with van der Waals surface area (Å²) in [6.07, 6.45) is 8.39. The van der Waals surface area contributed by atoms with Gasteiger partial charge in [-0.2, -0.15) is 0 Å². The van der Waals surface area contributed by atoms with Gasteiger partial charge >= 0.3 is 0 Å². The van der Waals surface area contributed by atoms with Crippen molar-refractivity contribution in [3.05, 3.63) is 53.9 Å². The third kappa shape index (κ3) is 3.41. The van der Waals surface area contributed by atoms with E-state index >= 15 is 0 Å². The smallest absolute Gasteiger partial charge is 0.0640 e. The Morgan fingerprint density at radius 2 is 1.70 bits per heavy atom. The molecule has 0 spiro atoms. The van der Waals surface area contributed by atoms with Gasteiger partial charge in [0.2, 0.25) is 0 Å². The summed E-state index contributed by atoms with van der Waals surface area (Å²) in [7, 11) is 0. The maximum atomic E-state index is 4.57. The van der Waals surface area contributed by atoms with Crippen LogP contribution in [0.25, 0.3) is 0 Å². The summed E-state index contributed by atoms with van der Waals surface area (Å²) in [6, 6.07) is 4.09. The molecule has 0 aliphatic carbocycles. The zero-order valence-electron chi connectivity index (χ0n) is 13.0. The van der Waals surface area contributed by atoms with Crippen molar-refractivity contribution < 1.29 is 0 Å². The van der Waals surface area contributed by atoms with Crippen LogP contribution in [0.4, 0.5) is 0 Å². The van der Waals surface area contributed by atoms with Gasteiger partial charge in [-0.1, -0.05) is 40.7 Å². The average molecular weight is 269 g/mol. The van der Waals surface area contributed by atoms with E-state index in [1.807, 2.05) is 24.7 Å². The SMILES string of the molecule is CC(C)(C)c1cnc(CC(C)(C)c2cccnc2)cn1. The molecule has 0 fully saturated rings. The first kappa shape index (κ1) is 14.6. The Labute approximate surface area is 121 Å². The van der Waals surface area contributed by atoms with Crippen molar-refractivity contribution in [2.24, 2.45) is 0 Å². The van der Waals surface area contributed by atoms with E-state index in [0.717, 1.165) is 17.8 Å². The third-order valence-corrected chi connectivity index (χ3v) is 3.54. The van der Waals surface area contributed by atoms with Gasteiger partial charge in [-0.3, -0.25) is 15.0 Å². The van der Waals surface area contributed by atoms with Crippen LogP contribution in [0.15, 0.2) is 36.9 Å². The number of hydrogen-bond acceptors (Lipinski definition) is 3. The molecule has 20 heavy (non-hydrogen) atoms. The molecule has 2 aromatic rings. The van der Waals surface area contributed by atoms with Gasteiger partial charge in [0.1, 0.15) is 0 Å². The second-order valence-electron chi connectivity index (χ2n) is 6.95. The molecule has 3 heteroatoms. The Hall–Kier alpha value is -1.77. The van der Waals surface area contributed by atoms with Gasteiger partial charge in [0.15, 0.2) is 0 Å². The minimum atomic E-state index is 0.00614. The molecule has 106 valence electrons. The molecule has 2 aromatic heterocycles. The van der Waals surface area contributed by atoms with E-state index in [-0.39, 0.29) is 10.8 Å². The number of pyridine rings is 1. The molecule has 0 atom stereocenters. The first-order valence-electron chi connectivity index (χ1n) is 7.01. The fraction of sp³-hybridized carbons (Fsp3) is 0.471. The van der Waals surface area contributed by atoms with Crippen LogP contribution in [0.2, 0.25) is 0 Å². The van der Waals surface area contributed by atoms with Crippen molar-refractivity contribution in [3.63, 3.8) is 0 Å². The Kier molecular flexibility index (Phi) is 3.89. The first-order chi connectivity index (χ1) is 9.29. The lowest BCUT2D eigenvalue weighted by Gasteiger charge is -2.24. The van der Waals surface area contributed by atoms with Gasteiger partial charge in [-0.05, 0) is 17.0 Å². The van der Waals surface area contributed by atoms with E-state index in [2.05, 4.69) is 55.6 Å². The molecular formula is C17H23N3. The summed E-state index contributed by atoms with van der Waals surface area (Å²) in [5.74, 6) is 0. The van der Waals surface area contributed by atoms with Crippen molar-refractivity contribution in [1.82, 2.24) is 15.0 Å². The molecule has 0 N–H and O–H groups in total. The number of rotatable bonds is 3. The van der Waals surface area contributed by atoms with E-state index in [1.54, 1.807) is 6.20 Å². The molecule has 2 rings (SSSR count). The summed E-state index contributed by atoms with van der Waals surface area (Å²) in [6.45, 7) is 10.9. The highest BCUT2D eigenvalue weighted by Crippen LogP contribution is 2.26. The van der Waals surface area contributed by atoms with Gasteiger partial charge in [0.05, 0.1) is 11.4 Å². The lowest BCUT2D eigenvalue weighted by molar-refractivity contribution is 0.508. The Bertz CT molecular complexity index is 551. The predicted molar refractivity (Wildman–Crippen MR) is 81.7 cm³/mol. The van der Waals surface area contributed by atoms with E-state index in [1.165, 1.54) is 5.56 Å². The van der Waals surface area contributed by atoms with Crippen molar-refractivity contribution in [2.45, 2.75) is 51.9 Å². The predicted octanol–water partition coefficient (Wildman–Crippen LogP) is 3.69. The molecule has 0 aliphatic rings. The van der Waals surface area contributed by atoms with Crippen LogP contribution in [0, 0.1) is 0 Å². The third-order valence-electron chi connectivity index (χ3n) is 3.54. The quantitative estimate of drug-likeness (QED) is 0.853. The molecule has 0 aromatic carbocycles. The average Bonchev–Trinajstić information content (AvgIpc) is 2.39. The maximum Gasteiger partial charge on any atom is 0.0640 e. The van der Waals surface area contributed by atoms with Crippen LogP contribution in [-0.2, 0) is 17.3 Å². The Morgan fingerprint density at radius 1 is 0.950 bits per heavy atom. The van der Waals surface area contributed by atoms with Crippen LogP contribution in [0.3, 0.4) is 0 Å². The molecule has 0 amide bonds. The van der Waals surface area contributed by atoms with Crippen LogP contribution in [-0.4, -0.2) is 15.0 Å². The van der Waals surface area contributed by atoms with E-state index in [0.29, 0.717) is 0 Å². The maximum absolute atomic E-state index is 4.57. The lowest BCUT2D eigenvalue weighted by atomic mass is 9.81. The fourth-order valence-electron chi connectivity index (χ4n) is 2.15. The van der Waals surface area contributed by atoms with Crippen molar-refractivity contribution in [1.29, 1.82) is 0 Å². The summed E-state index contributed by atoms with van der Waals surface area (Å²) >= 11 is 0. The van der Waals surface area contributed by atoms with E-state index in [9.17, 15) is 0 Å². The summed E-state index contributed by atoms with van der Waals surface area (Å²) in [5.41, 5.74) is 3.32. The summed E-state index contributed by atoms with van der Waals surface area (Å²) in [4.78, 5) is 13.3. The molecule has 0 bridgehead atoms. The van der Waals surface area contributed by atoms with Gasteiger partial charge in [-0.15, -0.1) is 0 Å². The van der Waals surface area contributed by atoms with Crippen molar-refractivity contribution in [3.8, 4) is 0 Å². The number of nitrogens with zero attached hydrogens (tertiary/aromatic N) is 3. The second-order valence-corrected chi connectivity index (χ2v) is 6.95. The zero-order valence-corrected chi connectivity index (χ0v) is 13.0. The Morgan fingerprint density at radius 3 is 2.20 bits per heavy atom. The molecule has 0 aliphatic heterocycles. The second kappa shape index (κ2) is 5.31. The minimum Gasteiger partial charge on any atom is -0.264 e. The molecule has 0 radical (unpaired) electrons. The standard InChI is InChI=1S/C17H23N3/c1-16(2,3)15-12-19-14(11-20-15)9-17(4,5)13-7-6-8-18-10-13/h6-8,10-12H,9H2,1-5H3. The molecular weight excluding hydrogens is 246 g/mol. The van der Waals surface area contributed by atoms with Gasteiger partial charge in [-0.25, -0.2) is 0 Å². The normalized spacial score (nSPS) is 12.4. The lowest BCUT2D eigenvalue weighted by Crippen LogP contribution is -2.22. The van der Waals surface area contributed by atoms with Crippen molar-refractivity contribution in [2.75, 3.05) is 0 Å². The van der Waals surface area contributed by atoms with Gasteiger partial charge in [0.25, 0.3) is 0 Å². The van der Waals surface area contributed by atoms with Crippen LogP contribution >= 0.6 is 0 Å². The highest BCUT2D eigenvalue weighted by atomic mass is 14.8. The molecule has 0 saturated heterocycles. The first-order valence-corrected chi connectivity index (χ1v) is 7.01. The van der Waals surface area contributed by atoms with Crippen LogP contribution in [0.1, 0.15) is 51.6 Å². The Balaban J connectivity index is 2.18. The molecule has 2 heterocycles. The molecule has 0 saturated carbocycles. The van der Waals surface area contributed by atoms with Gasteiger partial charge < -0.3 is 0 Å². The number of hydrogen-bond donors (Lipinski definition) is 0. The van der Waals surface area contributed by atoms with Crippen LogP contribution in [0.5, 0.6) is 0 Å². The van der Waals surface area contributed by atoms with Gasteiger partial charge in [0, 0.05) is 36.6 Å². The number of aromatic nitrogens is 3. The minimum absolute atomic E-state index is 0.00614. The van der Waals surface area contributed by atoms with Crippen molar-refractivity contribution >= 4 is 0 Å². The summed E-state index contributed by atoms with van der Waals surface area (Å²) in [5, 5.41) is 0. The van der Waals surface area contributed by atoms with E-state index in [4.69, 9.17) is 0 Å². The topological polar surface area (TPSA) is 38.7 Å². The summed E-state index contributed by atoms with van der Waals surface area (Å²) < 4.78 is 0. The molecule has 3 nitrogen and oxygen atoms in total. The monoisotopic (exact) mass is 269 g/mol. The van der Waals surface area contributed by atoms with E-state index < -0.39 is 0 Å².